The van der Waals surface area contributed by atoms with Gasteiger partial charge in [-0.2, -0.15) is 0 Å². The van der Waals surface area contributed by atoms with Gasteiger partial charge >= 0.3 is 35.8 Å². The summed E-state index contributed by atoms with van der Waals surface area (Å²) in [7, 11) is 0. The van der Waals surface area contributed by atoms with Crippen molar-refractivity contribution in [2.24, 2.45) is 43.8 Å². The lowest BCUT2D eigenvalue weighted by Crippen LogP contribution is -2.50. The topological polar surface area (TPSA) is 158 Å². The molecule has 6 saturated carbocycles. The maximum Gasteiger partial charge on any atom is 0.312 e. The minimum absolute atomic E-state index is 0. The van der Waals surface area contributed by atoms with Gasteiger partial charge < -0.3 is 28.4 Å². The number of rotatable bonds is 21. The van der Waals surface area contributed by atoms with Crippen molar-refractivity contribution in [3.05, 3.63) is 0 Å². The molecule has 0 heterocycles. The highest BCUT2D eigenvalue weighted by molar-refractivity contribution is 5.78. The van der Waals surface area contributed by atoms with Crippen molar-refractivity contribution in [2.45, 2.75) is 513 Å². The Morgan fingerprint density at radius 2 is 0.462 bits per heavy atom. The van der Waals surface area contributed by atoms with Crippen molar-refractivity contribution in [3.63, 3.8) is 0 Å². The molecule has 12 nitrogen and oxygen atoms in total. The minimum Gasteiger partial charge on any atom is -0.459 e. The van der Waals surface area contributed by atoms with E-state index in [9.17, 15) is 28.8 Å². The van der Waals surface area contributed by atoms with Crippen LogP contribution in [0.2, 0.25) is 0 Å². The van der Waals surface area contributed by atoms with Crippen LogP contribution in [0.15, 0.2) is 0 Å². The fourth-order valence-corrected chi connectivity index (χ4v) is 13.9. The Morgan fingerprint density at radius 1 is 0.269 bits per heavy atom. The van der Waals surface area contributed by atoms with Crippen LogP contribution >= 0.6 is 0 Å². The predicted octanol–water partition coefficient (Wildman–Crippen LogP) is 28.0. The second-order valence-electron chi connectivity index (χ2n) is 38.0. The molecule has 618 valence electrons. The van der Waals surface area contributed by atoms with E-state index in [1.54, 1.807) is 0 Å². The second kappa shape index (κ2) is 47.1. The molecule has 0 aromatic rings. The normalized spacial score (nSPS) is 20.2. The van der Waals surface area contributed by atoms with Crippen LogP contribution < -0.4 is 0 Å². The van der Waals surface area contributed by atoms with Crippen LogP contribution in [-0.2, 0) is 57.2 Å². The van der Waals surface area contributed by atoms with E-state index in [2.05, 4.69) is 62.3 Å². The van der Waals surface area contributed by atoms with E-state index >= 15 is 0 Å². The molecule has 0 bridgehead atoms. The molecular formula is C92H178O12. The number of carbonyl (C=O) groups is 6. The first-order chi connectivity index (χ1) is 46.7. The summed E-state index contributed by atoms with van der Waals surface area (Å²) in [6, 6.07) is 0. The van der Waals surface area contributed by atoms with E-state index in [4.69, 9.17) is 28.4 Å². The first kappa shape index (κ1) is 105. The fraction of sp³-hybridized carbons (Fsp3) is 0.935. The SMILES string of the molecule is C.C.C.CCC(C)(C)C(=O)OC1(C(C)(C)C)CCCCC1.CCC(C)(C)C(=O)OC1(C(C)C)CCCCC1.CCC(C)(C)C(=O)OC1(C)CCCCCC1.CCC(C)(C)C(=O)OC1(C)CCCCCCC1.CCC1(OC(=O)C(C)(C)CC)CCCCC1.CCC1(OC(=O)C(C)(C)CC)CCCCCC1. The lowest BCUT2D eigenvalue weighted by Gasteiger charge is -2.47. The third-order valence-corrected chi connectivity index (χ3v) is 25.9. The van der Waals surface area contributed by atoms with E-state index in [1.807, 2.05) is 125 Å². The largest absolute Gasteiger partial charge is 0.459 e. The van der Waals surface area contributed by atoms with Gasteiger partial charge in [0, 0.05) is 5.41 Å². The Morgan fingerprint density at radius 3 is 0.692 bits per heavy atom. The number of hydrogen-bond acceptors (Lipinski definition) is 12. The lowest BCUT2D eigenvalue weighted by molar-refractivity contribution is -0.190. The molecule has 104 heavy (non-hydrogen) atoms. The molecule has 6 aliphatic rings. The molecule has 0 aromatic heterocycles. The summed E-state index contributed by atoms with van der Waals surface area (Å²) in [5.74, 6) is 0.293. The molecule has 0 atom stereocenters. The lowest BCUT2D eigenvalue weighted by atomic mass is 9.68. The van der Waals surface area contributed by atoms with E-state index in [-0.39, 0.29) is 130 Å². The van der Waals surface area contributed by atoms with Crippen LogP contribution in [0.1, 0.15) is 479 Å². The Balaban J connectivity index is -0.00000117. The van der Waals surface area contributed by atoms with Gasteiger partial charge in [-0.05, 0) is 308 Å². The maximum atomic E-state index is 12.4. The molecule has 12 heteroatoms. The monoisotopic (exact) mass is 1480 g/mol. The standard InChI is InChI=1S/C16H30O2.3C15H28O2.2C14H26O2.3CH4/c1-7-15(5,6)13(17)18-16(14(2,3)4)11-9-8-10-12-16;1-6-14(4,5)13(16)17-15(12(2)3)10-8-7-9-11-15;1-5-14(2,3)13(16)17-15(4)11-9-7-6-8-10-12-15;1-5-14(3,4)13(16)17-15(6-2)11-9-7-8-10-12-15;1-5-13(2,3)12(15)16-14(4)10-8-6-7-9-11-14;1-5-13(3,4)12(15)16-14(6-2)10-8-7-9-11-14;;;/h7-12H2,1-6H3;12H,6-11H2,1-5H3;2*5-12H2,1-4H3;2*5-11H2,1-4H3;3*1H4. The Hall–Kier alpha value is -3.18. The molecular weight excluding hydrogens is 1300 g/mol. The van der Waals surface area contributed by atoms with Crippen LogP contribution in [0.5, 0.6) is 0 Å². The van der Waals surface area contributed by atoms with Gasteiger partial charge in [0.2, 0.25) is 0 Å². The van der Waals surface area contributed by atoms with E-state index in [0.29, 0.717) is 5.92 Å². The van der Waals surface area contributed by atoms with Crippen molar-refractivity contribution >= 4 is 35.8 Å². The van der Waals surface area contributed by atoms with Crippen molar-refractivity contribution in [1.82, 2.24) is 0 Å². The Bertz CT molecular complexity index is 2370. The van der Waals surface area contributed by atoms with Crippen molar-refractivity contribution in [2.75, 3.05) is 0 Å². The van der Waals surface area contributed by atoms with Crippen molar-refractivity contribution < 1.29 is 57.2 Å². The van der Waals surface area contributed by atoms with Crippen LogP contribution in [0.25, 0.3) is 0 Å². The average Bonchev–Trinajstić information content (AvgIpc) is 0.907. The van der Waals surface area contributed by atoms with Crippen LogP contribution in [-0.4, -0.2) is 69.4 Å². The van der Waals surface area contributed by atoms with Crippen molar-refractivity contribution in [3.8, 4) is 0 Å². The van der Waals surface area contributed by atoms with Gasteiger partial charge in [0.1, 0.15) is 33.6 Å². The van der Waals surface area contributed by atoms with E-state index < -0.39 is 0 Å². The van der Waals surface area contributed by atoms with Crippen molar-refractivity contribution in [1.29, 1.82) is 0 Å². The second-order valence-corrected chi connectivity index (χ2v) is 38.0. The molecule has 0 radical (unpaired) electrons. The number of hydrogen-bond donors (Lipinski definition) is 0. The molecule has 0 unspecified atom stereocenters. The summed E-state index contributed by atoms with van der Waals surface area (Å²) in [6.07, 6.45) is 46.5. The summed E-state index contributed by atoms with van der Waals surface area (Å²) in [6.45, 7) is 55.4. The molecule has 0 saturated heterocycles. The Kier molecular flexibility index (Phi) is 47.6. The first-order valence-electron chi connectivity index (χ1n) is 42.1. The van der Waals surface area contributed by atoms with Crippen LogP contribution in [0, 0.1) is 43.8 Å². The number of carbonyl (C=O) groups excluding carboxylic acids is 6. The van der Waals surface area contributed by atoms with E-state index in [0.717, 1.165) is 128 Å². The molecule has 6 rings (SSSR count). The quantitative estimate of drug-likeness (QED) is 0.0609. The molecule has 0 N–H and O–H groups in total. The minimum atomic E-state index is -0.365. The highest BCUT2D eigenvalue weighted by Gasteiger charge is 2.49. The average molecular weight is 1480 g/mol. The maximum absolute atomic E-state index is 12.4. The fourth-order valence-electron chi connectivity index (χ4n) is 13.9. The van der Waals surface area contributed by atoms with Gasteiger partial charge in [0.25, 0.3) is 0 Å². The highest BCUT2D eigenvalue weighted by Crippen LogP contribution is 2.47. The molecule has 0 spiro atoms. The van der Waals surface area contributed by atoms with Gasteiger partial charge in [0.15, 0.2) is 0 Å². The van der Waals surface area contributed by atoms with E-state index in [1.165, 1.54) is 141 Å². The molecule has 0 aromatic carbocycles. The summed E-state index contributed by atoms with van der Waals surface area (Å²) < 4.78 is 35.4. The third-order valence-electron chi connectivity index (χ3n) is 25.9. The molecule has 0 aliphatic heterocycles. The zero-order valence-electron chi connectivity index (χ0n) is 71.7. The number of ether oxygens (including phenoxy) is 6. The van der Waals surface area contributed by atoms with Gasteiger partial charge in [-0.1, -0.05) is 176 Å². The zero-order valence-corrected chi connectivity index (χ0v) is 71.7. The third kappa shape index (κ3) is 34.4. The van der Waals surface area contributed by atoms with Crippen LogP contribution in [0.4, 0.5) is 0 Å². The highest BCUT2D eigenvalue weighted by atomic mass is 16.6. The Labute approximate surface area is 646 Å². The van der Waals surface area contributed by atoms with Crippen LogP contribution in [0.3, 0.4) is 0 Å². The smallest absolute Gasteiger partial charge is 0.312 e. The predicted molar refractivity (Wildman–Crippen MR) is 441 cm³/mol. The van der Waals surface area contributed by atoms with Gasteiger partial charge in [-0.3, -0.25) is 28.8 Å². The summed E-state index contributed by atoms with van der Waals surface area (Å²) in [5, 5.41) is 0. The first-order valence-corrected chi connectivity index (χ1v) is 42.1. The summed E-state index contributed by atoms with van der Waals surface area (Å²) in [5.41, 5.74) is -3.24. The summed E-state index contributed by atoms with van der Waals surface area (Å²) in [4.78, 5) is 73.2. The molecule has 0 amide bonds. The van der Waals surface area contributed by atoms with Gasteiger partial charge in [-0.15, -0.1) is 0 Å². The molecule has 6 aliphatic carbocycles. The summed E-state index contributed by atoms with van der Waals surface area (Å²) >= 11 is 0. The van der Waals surface area contributed by atoms with Gasteiger partial charge in [-0.25, -0.2) is 0 Å². The zero-order chi connectivity index (χ0) is 77.5. The molecule has 6 fully saturated rings. The number of esters is 6. The van der Waals surface area contributed by atoms with Gasteiger partial charge in [0.05, 0.1) is 32.5 Å².